The molecule has 0 bridgehead atoms. The molecular formula is C24H21F3N2O3. The number of hydrogen-bond donors (Lipinski definition) is 1. The van der Waals surface area contributed by atoms with Crippen LogP contribution in [0, 0.1) is 17.5 Å². The normalized spacial score (nSPS) is 20.8. The summed E-state index contributed by atoms with van der Waals surface area (Å²) in [6.45, 7) is 1.87. The van der Waals surface area contributed by atoms with E-state index in [0.717, 1.165) is 29.8 Å². The zero-order chi connectivity index (χ0) is 22.8. The lowest BCUT2D eigenvalue weighted by Gasteiger charge is -2.32. The number of aliphatic hydroxyl groups excluding tert-OH is 1. The van der Waals surface area contributed by atoms with Crippen LogP contribution < -0.4 is 0 Å². The number of aromatic nitrogens is 2. The molecule has 1 aliphatic heterocycles. The minimum Gasteiger partial charge on any atom is -0.393 e. The molecule has 3 aromatic rings. The molecule has 3 atom stereocenters. The minimum atomic E-state index is -0.974. The second kappa shape index (κ2) is 9.18. The summed E-state index contributed by atoms with van der Waals surface area (Å²) in [5.74, 6) is -3.36. The Hall–Kier alpha value is -3.10. The molecule has 1 aromatic carbocycles. The zero-order valence-electron chi connectivity index (χ0n) is 17.3. The van der Waals surface area contributed by atoms with Gasteiger partial charge in [-0.15, -0.1) is 0 Å². The van der Waals surface area contributed by atoms with Gasteiger partial charge in [-0.05, 0) is 54.8 Å². The van der Waals surface area contributed by atoms with Gasteiger partial charge in [-0.2, -0.15) is 0 Å². The van der Waals surface area contributed by atoms with Crippen molar-refractivity contribution in [3.8, 4) is 11.3 Å². The van der Waals surface area contributed by atoms with Crippen LogP contribution in [0.4, 0.5) is 13.2 Å². The number of ketones is 1. The van der Waals surface area contributed by atoms with Gasteiger partial charge in [0.15, 0.2) is 5.78 Å². The van der Waals surface area contributed by atoms with Crippen molar-refractivity contribution < 1.29 is 27.8 Å². The maximum absolute atomic E-state index is 14.3. The molecule has 8 heteroatoms. The molecule has 4 rings (SSSR count). The molecule has 0 amide bonds. The number of pyridine rings is 2. The van der Waals surface area contributed by atoms with Crippen molar-refractivity contribution in [2.75, 3.05) is 0 Å². The lowest BCUT2D eigenvalue weighted by molar-refractivity contribution is -0.0898. The molecule has 1 N–H and O–H groups in total. The largest absolute Gasteiger partial charge is 0.393 e. The Balaban J connectivity index is 1.64. The van der Waals surface area contributed by atoms with E-state index in [1.807, 2.05) is 6.92 Å². The van der Waals surface area contributed by atoms with E-state index in [2.05, 4.69) is 9.97 Å². The highest BCUT2D eigenvalue weighted by molar-refractivity contribution is 5.96. The molecule has 1 aliphatic rings. The van der Waals surface area contributed by atoms with E-state index in [4.69, 9.17) is 4.74 Å². The fourth-order valence-corrected chi connectivity index (χ4v) is 3.98. The summed E-state index contributed by atoms with van der Waals surface area (Å²) in [4.78, 5) is 21.0. The first-order valence-corrected chi connectivity index (χ1v) is 10.2. The number of carbonyl (C=O) groups is 1. The van der Waals surface area contributed by atoms with Crippen LogP contribution in [0.5, 0.6) is 0 Å². The van der Waals surface area contributed by atoms with E-state index in [1.54, 1.807) is 12.3 Å². The number of aliphatic hydroxyl groups is 1. The number of halogens is 3. The Morgan fingerprint density at radius 2 is 1.84 bits per heavy atom. The van der Waals surface area contributed by atoms with Crippen molar-refractivity contribution in [1.82, 2.24) is 9.97 Å². The molecule has 0 aliphatic carbocycles. The third-order valence-corrected chi connectivity index (χ3v) is 5.46. The van der Waals surface area contributed by atoms with Crippen LogP contribution in [0.25, 0.3) is 11.3 Å². The predicted molar refractivity (Wildman–Crippen MR) is 110 cm³/mol. The fraction of sp³-hybridized carbons (Fsp3) is 0.292. The SMILES string of the molecule is C[C@@H]1C[C@H](O)C[C@H](c2ccncc2CC(=O)c2ccc(F)c(-c3c(F)cccc3F)n2)O1. The first kappa shape index (κ1) is 22.1. The topological polar surface area (TPSA) is 72.3 Å². The van der Waals surface area contributed by atoms with Gasteiger partial charge in [0.1, 0.15) is 28.8 Å². The Labute approximate surface area is 182 Å². The standard InChI is InChI=1S/C24H21F3N2O3/c1-13-9-15(30)11-22(32-13)16-7-8-28-12-14(16)10-21(31)20-6-5-19(27)24(29-20)23-17(25)3-2-4-18(23)26/h2-8,12-13,15,22,30H,9-11H2,1H3/t13-,15+,22-/m1/s1. The highest BCUT2D eigenvalue weighted by atomic mass is 19.1. The van der Waals surface area contributed by atoms with Crippen LogP contribution in [0.3, 0.4) is 0 Å². The Bertz CT molecular complexity index is 1120. The molecular weight excluding hydrogens is 421 g/mol. The quantitative estimate of drug-likeness (QED) is 0.586. The van der Waals surface area contributed by atoms with Crippen molar-refractivity contribution in [3.05, 3.63) is 83.1 Å². The molecule has 166 valence electrons. The van der Waals surface area contributed by atoms with Gasteiger partial charge in [0.25, 0.3) is 0 Å². The summed E-state index contributed by atoms with van der Waals surface area (Å²) in [6.07, 6.45) is 2.85. The van der Waals surface area contributed by atoms with E-state index >= 15 is 0 Å². The van der Waals surface area contributed by atoms with Gasteiger partial charge in [-0.3, -0.25) is 9.78 Å². The van der Waals surface area contributed by atoms with Crippen molar-refractivity contribution in [2.24, 2.45) is 0 Å². The molecule has 1 fully saturated rings. The van der Waals surface area contributed by atoms with E-state index < -0.39 is 46.7 Å². The lowest BCUT2D eigenvalue weighted by atomic mass is 9.92. The first-order valence-electron chi connectivity index (χ1n) is 10.2. The van der Waals surface area contributed by atoms with Crippen molar-refractivity contribution in [1.29, 1.82) is 0 Å². The summed E-state index contributed by atoms with van der Waals surface area (Å²) in [5.41, 5.74) is -0.0162. The average Bonchev–Trinajstić information content (AvgIpc) is 2.74. The monoisotopic (exact) mass is 442 g/mol. The lowest BCUT2D eigenvalue weighted by Crippen LogP contribution is -2.30. The zero-order valence-corrected chi connectivity index (χ0v) is 17.3. The molecule has 5 nitrogen and oxygen atoms in total. The van der Waals surface area contributed by atoms with Crippen molar-refractivity contribution in [2.45, 2.75) is 44.5 Å². The summed E-state index contributed by atoms with van der Waals surface area (Å²) in [5, 5.41) is 10.1. The van der Waals surface area contributed by atoms with Crippen LogP contribution >= 0.6 is 0 Å². The van der Waals surface area contributed by atoms with E-state index in [0.29, 0.717) is 18.4 Å². The number of nitrogens with zero attached hydrogens (tertiary/aromatic N) is 2. The summed E-state index contributed by atoms with van der Waals surface area (Å²) >= 11 is 0. The van der Waals surface area contributed by atoms with Gasteiger partial charge < -0.3 is 9.84 Å². The average molecular weight is 442 g/mol. The van der Waals surface area contributed by atoms with Crippen LogP contribution in [0.2, 0.25) is 0 Å². The van der Waals surface area contributed by atoms with Crippen molar-refractivity contribution >= 4 is 5.78 Å². The van der Waals surface area contributed by atoms with Gasteiger partial charge in [-0.1, -0.05) is 6.07 Å². The Morgan fingerprint density at radius 1 is 1.09 bits per heavy atom. The van der Waals surface area contributed by atoms with Crippen LogP contribution in [0.1, 0.15) is 47.5 Å². The van der Waals surface area contributed by atoms with Gasteiger partial charge in [0, 0.05) is 25.2 Å². The maximum atomic E-state index is 14.3. The number of ether oxygens (including phenoxy) is 1. The highest BCUT2D eigenvalue weighted by Crippen LogP contribution is 2.33. The summed E-state index contributed by atoms with van der Waals surface area (Å²) in [6, 6.07) is 7.03. The number of Topliss-reactive ketones (excluding diaryl/α,β-unsaturated/α-hetero) is 1. The minimum absolute atomic E-state index is 0.120. The molecule has 1 saturated heterocycles. The third kappa shape index (κ3) is 4.56. The maximum Gasteiger partial charge on any atom is 0.185 e. The fourth-order valence-electron chi connectivity index (χ4n) is 3.98. The van der Waals surface area contributed by atoms with Crippen LogP contribution in [0.15, 0.2) is 48.8 Å². The van der Waals surface area contributed by atoms with Crippen LogP contribution in [-0.4, -0.2) is 33.1 Å². The predicted octanol–water partition coefficient (Wildman–Crippen LogP) is 4.59. The number of rotatable bonds is 5. The Kier molecular flexibility index (Phi) is 6.34. The number of carbonyl (C=O) groups excluding carboxylic acids is 1. The molecule has 0 unspecified atom stereocenters. The molecule has 2 aromatic heterocycles. The van der Waals surface area contributed by atoms with Gasteiger partial charge >= 0.3 is 0 Å². The molecule has 32 heavy (non-hydrogen) atoms. The number of hydrogen-bond acceptors (Lipinski definition) is 5. The highest BCUT2D eigenvalue weighted by Gasteiger charge is 2.29. The first-order chi connectivity index (χ1) is 15.3. The van der Waals surface area contributed by atoms with Crippen molar-refractivity contribution in [3.63, 3.8) is 0 Å². The molecule has 3 heterocycles. The molecule has 0 radical (unpaired) electrons. The van der Waals surface area contributed by atoms with E-state index in [-0.39, 0.29) is 18.2 Å². The molecule has 0 saturated carbocycles. The van der Waals surface area contributed by atoms with E-state index in [1.165, 1.54) is 12.3 Å². The second-order valence-corrected chi connectivity index (χ2v) is 7.86. The summed E-state index contributed by atoms with van der Waals surface area (Å²) < 4.78 is 48.6. The number of benzene rings is 1. The third-order valence-electron chi connectivity index (χ3n) is 5.46. The van der Waals surface area contributed by atoms with Gasteiger partial charge in [0.05, 0.1) is 23.9 Å². The van der Waals surface area contributed by atoms with Gasteiger partial charge in [-0.25, -0.2) is 18.2 Å². The van der Waals surface area contributed by atoms with Gasteiger partial charge in [0.2, 0.25) is 0 Å². The second-order valence-electron chi connectivity index (χ2n) is 7.86. The smallest absolute Gasteiger partial charge is 0.185 e. The Morgan fingerprint density at radius 3 is 2.56 bits per heavy atom. The molecule has 0 spiro atoms. The van der Waals surface area contributed by atoms with Crippen LogP contribution in [-0.2, 0) is 11.2 Å². The summed E-state index contributed by atoms with van der Waals surface area (Å²) in [7, 11) is 0. The van der Waals surface area contributed by atoms with E-state index in [9.17, 15) is 23.1 Å².